The Hall–Kier alpha value is -0.710. The topological polar surface area (TPSA) is 49.4 Å². The van der Waals surface area contributed by atoms with Crippen molar-refractivity contribution in [3.8, 4) is 0 Å². The first-order valence-electron chi connectivity index (χ1n) is 5.20. The van der Waals surface area contributed by atoms with Crippen LogP contribution in [-0.4, -0.2) is 48.4 Å². The second kappa shape index (κ2) is 7.56. The maximum absolute atomic E-state index is 11.3. The van der Waals surface area contributed by atoms with Crippen LogP contribution in [0.15, 0.2) is 0 Å². The van der Waals surface area contributed by atoms with Gasteiger partial charge in [-0.1, -0.05) is 13.8 Å². The van der Waals surface area contributed by atoms with E-state index in [1.54, 1.807) is 25.9 Å². The summed E-state index contributed by atoms with van der Waals surface area (Å²) < 4.78 is 0. The van der Waals surface area contributed by atoms with Crippen molar-refractivity contribution in [3.05, 3.63) is 0 Å². The van der Waals surface area contributed by atoms with Crippen molar-refractivity contribution < 1.29 is 9.59 Å². The lowest BCUT2D eigenvalue weighted by molar-refractivity contribution is -0.131. The molecule has 1 saturated heterocycles. The van der Waals surface area contributed by atoms with Gasteiger partial charge in [0.05, 0.1) is 5.25 Å². The first-order valence-corrected chi connectivity index (χ1v) is 6.25. The van der Waals surface area contributed by atoms with Crippen LogP contribution < -0.4 is 5.32 Å². The first kappa shape index (κ1) is 14.3. The van der Waals surface area contributed by atoms with Crippen LogP contribution in [0.1, 0.15) is 20.3 Å². The lowest BCUT2D eigenvalue weighted by Crippen LogP contribution is -2.41. The van der Waals surface area contributed by atoms with Gasteiger partial charge in [0.2, 0.25) is 11.8 Å². The molecule has 1 atom stereocenters. The van der Waals surface area contributed by atoms with Crippen molar-refractivity contribution in [2.24, 2.45) is 0 Å². The number of hydrogen-bond acceptors (Lipinski definition) is 3. The number of nitrogens with one attached hydrogen (secondary N) is 1. The molecule has 88 valence electrons. The lowest BCUT2D eigenvalue weighted by atomic mass is 10.2. The summed E-state index contributed by atoms with van der Waals surface area (Å²) in [6.45, 7) is 4.72. The van der Waals surface area contributed by atoms with E-state index in [4.69, 9.17) is 0 Å². The first-order chi connectivity index (χ1) is 7.11. The van der Waals surface area contributed by atoms with Crippen molar-refractivity contribution in [3.63, 3.8) is 0 Å². The molecule has 15 heavy (non-hydrogen) atoms. The van der Waals surface area contributed by atoms with E-state index < -0.39 is 0 Å². The molecule has 1 N–H and O–H groups in total. The zero-order valence-corrected chi connectivity index (χ0v) is 10.7. The number of rotatable bonds is 2. The fourth-order valence-corrected chi connectivity index (χ4v) is 2.06. The predicted molar refractivity (Wildman–Crippen MR) is 63.9 cm³/mol. The Morgan fingerprint density at radius 3 is 2.60 bits per heavy atom. The SMILES string of the molecule is CC.CN(C)C(=O)CC1SCCNC1=O. The van der Waals surface area contributed by atoms with Gasteiger partial charge in [0, 0.05) is 32.8 Å². The van der Waals surface area contributed by atoms with Gasteiger partial charge < -0.3 is 10.2 Å². The molecule has 1 fully saturated rings. The Bertz CT molecular complexity index is 219. The highest BCUT2D eigenvalue weighted by Gasteiger charge is 2.25. The van der Waals surface area contributed by atoms with Gasteiger partial charge in [-0.2, -0.15) is 0 Å². The second-order valence-corrected chi connectivity index (χ2v) is 4.45. The van der Waals surface area contributed by atoms with Crippen LogP contribution in [0.25, 0.3) is 0 Å². The maximum atomic E-state index is 11.3. The molecular weight excluding hydrogens is 212 g/mol. The number of thioether (sulfide) groups is 1. The molecule has 1 heterocycles. The monoisotopic (exact) mass is 232 g/mol. The Kier molecular flexibility index (Phi) is 7.21. The van der Waals surface area contributed by atoms with Gasteiger partial charge >= 0.3 is 0 Å². The highest BCUT2D eigenvalue weighted by atomic mass is 32.2. The van der Waals surface area contributed by atoms with Crippen molar-refractivity contribution in [2.75, 3.05) is 26.4 Å². The largest absolute Gasteiger partial charge is 0.354 e. The van der Waals surface area contributed by atoms with E-state index in [-0.39, 0.29) is 17.1 Å². The Morgan fingerprint density at radius 2 is 2.13 bits per heavy atom. The Morgan fingerprint density at radius 1 is 1.53 bits per heavy atom. The molecule has 0 bridgehead atoms. The second-order valence-electron chi connectivity index (χ2n) is 3.14. The third kappa shape index (κ3) is 5.06. The quantitative estimate of drug-likeness (QED) is 0.763. The Labute approximate surface area is 95.8 Å². The summed E-state index contributed by atoms with van der Waals surface area (Å²) in [5.74, 6) is 0.901. The normalized spacial score (nSPS) is 19.7. The number of nitrogens with zero attached hydrogens (tertiary/aromatic N) is 1. The van der Waals surface area contributed by atoms with Gasteiger partial charge in [0.25, 0.3) is 0 Å². The van der Waals surface area contributed by atoms with E-state index in [0.29, 0.717) is 6.42 Å². The molecule has 0 aromatic carbocycles. The number of carbonyl (C=O) groups is 2. The van der Waals surface area contributed by atoms with E-state index >= 15 is 0 Å². The summed E-state index contributed by atoms with van der Waals surface area (Å²) in [7, 11) is 3.40. The highest BCUT2D eigenvalue weighted by Crippen LogP contribution is 2.18. The molecule has 1 aliphatic rings. The molecule has 1 rings (SSSR count). The summed E-state index contributed by atoms with van der Waals surface area (Å²) in [6.07, 6.45) is 0.309. The summed E-state index contributed by atoms with van der Waals surface area (Å²) in [6, 6.07) is 0. The van der Waals surface area contributed by atoms with Crippen LogP contribution in [0.2, 0.25) is 0 Å². The fraction of sp³-hybridized carbons (Fsp3) is 0.800. The van der Waals surface area contributed by atoms with Crippen LogP contribution in [0.4, 0.5) is 0 Å². The molecule has 0 radical (unpaired) electrons. The van der Waals surface area contributed by atoms with E-state index in [0.717, 1.165) is 12.3 Å². The summed E-state index contributed by atoms with van der Waals surface area (Å²) >= 11 is 1.56. The van der Waals surface area contributed by atoms with E-state index in [9.17, 15) is 9.59 Å². The summed E-state index contributed by atoms with van der Waals surface area (Å²) in [4.78, 5) is 24.1. The van der Waals surface area contributed by atoms with Crippen LogP contribution in [0.5, 0.6) is 0 Å². The van der Waals surface area contributed by atoms with Crippen molar-refractivity contribution in [1.82, 2.24) is 10.2 Å². The molecule has 0 aromatic heterocycles. The molecule has 0 aromatic rings. The minimum atomic E-state index is -0.191. The summed E-state index contributed by atoms with van der Waals surface area (Å²) in [5.41, 5.74) is 0. The average molecular weight is 232 g/mol. The van der Waals surface area contributed by atoms with Gasteiger partial charge in [-0.3, -0.25) is 9.59 Å². The molecule has 0 saturated carbocycles. The number of carbonyl (C=O) groups excluding carboxylic acids is 2. The fourth-order valence-electron chi connectivity index (χ4n) is 1.06. The molecule has 0 spiro atoms. The van der Waals surface area contributed by atoms with Crippen molar-refractivity contribution in [1.29, 1.82) is 0 Å². The van der Waals surface area contributed by atoms with Gasteiger partial charge in [-0.15, -0.1) is 11.8 Å². The third-order valence-corrected chi connectivity index (χ3v) is 3.09. The van der Waals surface area contributed by atoms with E-state index in [1.165, 1.54) is 4.90 Å². The summed E-state index contributed by atoms with van der Waals surface area (Å²) in [5, 5.41) is 2.55. The van der Waals surface area contributed by atoms with Gasteiger partial charge in [-0.25, -0.2) is 0 Å². The van der Waals surface area contributed by atoms with Crippen molar-refractivity contribution >= 4 is 23.6 Å². The van der Waals surface area contributed by atoms with Crippen LogP contribution in [0, 0.1) is 0 Å². The zero-order valence-electron chi connectivity index (χ0n) is 9.87. The number of amides is 2. The molecule has 2 amide bonds. The predicted octanol–water partition coefficient (Wildman–Crippen LogP) is 0.722. The lowest BCUT2D eigenvalue weighted by Gasteiger charge is -2.22. The molecule has 4 nitrogen and oxygen atoms in total. The van der Waals surface area contributed by atoms with Gasteiger partial charge in [0.1, 0.15) is 0 Å². The molecule has 1 unspecified atom stereocenters. The van der Waals surface area contributed by atoms with Gasteiger partial charge in [-0.05, 0) is 0 Å². The maximum Gasteiger partial charge on any atom is 0.233 e. The molecule has 0 aliphatic carbocycles. The standard InChI is InChI=1S/C8H14N2O2S.C2H6/c1-10(2)7(11)5-6-8(12)9-3-4-13-6;1-2/h6H,3-5H2,1-2H3,(H,9,12);1-2H3. The van der Waals surface area contributed by atoms with Crippen LogP contribution >= 0.6 is 11.8 Å². The molecule has 1 aliphatic heterocycles. The van der Waals surface area contributed by atoms with E-state index in [2.05, 4.69) is 5.32 Å². The average Bonchev–Trinajstić information content (AvgIpc) is 2.24. The van der Waals surface area contributed by atoms with Crippen LogP contribution in [0.3, 0.4) is 0 Å². The van der Waals surface area contributed by atoms with Crippen molar-refractivity contribution in [2.45, 2.75) is 25.5 Å². The highest BCUT2D eigenvalue weighted by molar-refractivity contribution is 8.00. The van der Waals surface area contributed by atoms with Gasteiger partial charge in [0.15, 0.2) is 0 Å². The Balaban J connectivity index is 0.000000921. The molecule has 5 heteroatoms. The van der Waals surface area contributed by atoms with E-state index in [1.807, 2.05) is 13.8 Å². The zero-order chi connectivity index (χ0) is 11.8. The van der Waals surface area contributed by atoms with Crippen LogP contribution in [-0.2, 0) is 9.59 Å². The minimum absolute atomic E-state index is 0.00792. The number of hydrogen-bond donors (Lipinski definition) is 1. The third-order valence-electron chi connectivity index (χ3n) is 1.87. The minimum Gasteiger partial charge on any atom is -0.354 e. The molecular formula is C10H20N2O2S. The smallest absolute Gasteiger partial charge is 0.233 e.